The number of pyridine rings is 1. The van der Waals surface area contributed by atoms with Gasteiger partial charge in [-0.15, -0.1) is 0 Å². The molecule has 0 saturated heterocycles. The average Bonchev–Trinajstić information content (AvgIpc) is 2.29. The fourth-order valence-corrected chi connectivity index (χ4v) is 1.78. The highest BCUT2D eigenvalue weighted by atomic mass is 79.9. The second kappa shape index (κ2) is 7.27. The van der Waals surface area contributed by atoms with Crippen molar-refractivity contribution in [3.05, 3.63) is 26.9 Å². The van der Waals surface area contributed by atoms with E-state index in [4.69, 9.17) is 0 Å². The van der Waals surface area contributed by atoms with E-state index in [0.717, 1.165) is 19.4 Å². The van der Waals surface area contributed by atoms with Gasteiger partial charge in [0.25, 0.3) is 0 Å². The molecule has 0 aliphatic heterocycles. The molecule has 1 aromatic heterocycles. The van der Waals surface area contributed by atoms with E-state index in [2.05, 4.69) is 31.1 Å². The Morgan fingerprint density at radius 3 is 2.83 bits per heavy atom. The maximum Gasteiger partial charge on any atom is 0.312 e. The third-order valence-corrected chi connectivity index (χ3v) is 2.79. The Morgan fingerprint density at radius 1 is 1.50 bits per heavy atom. The molecular formula is C11H17BrN4O2. The summed E-state index contributed by atoms with van der Waals surface area (Å²) < 4.78 is 0.604. The maximum absolute atomic E-state index is 10.9. The summed E-state index contributed by atoms with van der Waals surface area (Å²) >= 11 is 3.17. The molecule has 100 valence electrons. The van der Waals surface area contributed by atoms with Crippen LogP contribution in [-0.2, 0) is 0 Å². The summed E-state index contributed by atoms with van der Waals surface area (Å²) in [4.78, 5) is 16.6. The van der Waals surface area contributed by atoms with E-state index < -0.39 is 4.92 Å². The molecule has 0 fully saturated rings. The zero-order valence-corrected chi connectivity index (χ0v) is 12.1. The van der Waals surface area contributed by atoms with Crippen LogP contribution in [0.25, 0.3) is 0 Å². The molecule has 0 unspecified atom stereocenters. The number of hydrogen-bond donors (Lipinski definition) is 1. The van der Waals surface area contributed by atoms with E-state index in [-0.39, 0.29) is 5.69 Å². The van der Waals surface area contributed by atoms with Gasteiger partial charge in [0, 0.05) is 23.3 Å². The largest absolute Gasteiger partial charge is 0.364 e. The molecule has 0 amide bonds. The van der Waals surface area contributed by atoms with E-state index in [1.807, 2.05) is 14.1 Å². The molecule has 0 spiro atoms. The second-order valence-corrected chi connectivity index (χ2v) is 5.13. The zero-order valence-electron chi connectivity index (χ0n) is 10.5. The first-order valence-corrected chi connectivity index (χ1v) is 6.48. The lowest BCUT2D eigenvalue weighted by Gasteiger charge is -2.09. The molecule has 0 radical (unpaired) electrons. The van der Waals surface area contributed by atoms with Gasteiger partial charge in [-0.3, -0.25) is 10.1 Å². The standard InChI is InChI=1S/C11H17BrN4O2/c1-15(2)6-4-3-5-13-11-10(16(17)18)7-9(12)8-14-11/h7-8H,3-6H2,1-2H3,(H,13,14). The number of nitrogens with zero attached hydrogens (tertiary/aromatic N) is 3. The fraction of sp³-hybridized carbons (Fsp3) is 0.545. The van der Waals surface area contributed by atoms with Gasteiger partial charge in [0.05, 0.1) is 4.92 Å². The van der Waals surface area contributed by atoms with Crippen molar-refractivity contribution in [2.75, 3.05) is 32.5 Å². The van der Waals surface area contributed by atoms with Crippen LogP contribution in [0.4, 0.5) is 11.5 Å². The molecule has 0 atom stereocenters. The highest BCUT2D eigenvalue weighted by molar-refractivity contribution is 9.10. The predicted molar refractivity (Wildman–Crippen MR) is 74.9 cm³/mol. The predicted octanol–water partition coefficient (Wildman–Crippen LogP) is 2.51. The van der Waals surface area contributed by atoms with Crippen molar-refractivity contribution < 1.29 is 4.92 Å². The number of nitro groups is 1. The van der Waals surface area contributed by atoms with Gasteiger partial charge < -0.3 is 10.2 Å². The van der Waals surface area contributed by atoms with E-state index >= 15 is 0 Å². The van der Waals surface area contributed by atoms with Crippen LogP contribution < -0.4 is 5.32 Å². The Labute approximate surface area is 115 Å². The van der Waals surface area contributed by atoms with Crippen LogP contribution in [0.1, 0.15) is 12.8 Å². The smallest absolute Gasteiger partial charge is 0.312 e. The molecule has 0 aromatic carbocycles. The molecule has 1 aromatic rings. The van der Waals surface area contributed by atoms with Gasteiger partial charge in [-0.1, -0.05) is 0 Å². The Kier molecular flexibility index (Phi) is 6.00. The summed E-state index contributed by atoms with van der Waals surface area (Å²) in [6.45, 7) is 1.70. The number of rotatable bonds is 7. The summed E-state index contributed by atoms with van der Waals surface area (Å²) in [7, 11) is 4.04. The quantitative estimate of drug-likeness (QED) is 0.475. The molecular weight excluding hydrogens is 300 g/mol. The summed E-state index contributed by atoms with van der Waals surface area (Å²) in [5, 5.41) is 13.9. The van der Waals surface area contributed by atoms with Crippen molar-refractivity contribution in [3.63, 3.8) is 0 Å². The van der Waals surface area contributed by atoms with Gasteiger partial charge in [-0.25, -0.2) is 4.98 Å². The minimum Gasteiger partial charge on any atom is -0.364 e. The number of nitrogens with one attached hydrogen (secondary N) is 1. The first-order valence-electron chi connectivity index (χ1n) is 5.69. The van der Waals surface area contributed by atoms with Gasteiger partial charge in [-0.2, -0.15) is 0 Å². The molecule has 0 saturated carbocycles. The lowest BCUT2D eigenvalue weighted by Crippen LogP contribution is -2.14. The van der Waals surface area contributed by atoms with Crippen molar-refractivity contribution in [1.82, 2.24) is 9.88 Å². The van der Waals surface area contributed by atoms with Crippen molar-refractivity contribution in [2.24, 2.45) is 0 Å². The Bertz CT molecular complexity index is 412. The van der Waals surface area contributed by atoms with Gasteiger partial charge in [0.15, 0.2) is 0 Å². The molecule has 6 nitrogen and oxygen atoms in total. The zero-order chi connectivity index (χ0) is 13.5. The minimum atomic E-state index is -0.431. The number of aromatic nitrogens is 1. The summed E-state index contributed by atoms with van der Waals surface area (Å²) in [5.41, 5.74) is -0.00279. The van der Waals surface area contributed by atoms with Crippen molar-refractivity contribution in [1.29, 1.82) is 0 Å². The summed E-state index contributed by atoms with van der Waals surface area (Å²) in [6, 6.07) is 1.45. The molecule has 0 bridgehead atoms. The van der Waals surface area contributed by atoms with Crippen molar-refractivity contribution >= 4 is 27.4 Å². The topological polar surface area (TPSA) is 71.3 Å². The van der Waals surface area contributed by atoms with Gasteiger partial charge >= 0.3 is 5.69 Å². The minimum absolute atomic E-state index is 0.00279. The average molecular weight is 317 g/mol. The molecule has 1 rings (SSSR count). The number of halogens is 1. The van der Waals surface area contributed by atoms with Crippen molar-refractivity contribution in [2.45, 2.75) is 12.8 Å². The lowest BCUT2D eigenvalue weighted by molar-refractivity contribution is -0.384. The molecule has 7 heteroatoms. The van der Waals surface area contributed by atoms with Gasteiger partial charge in [0.2, 0.25) is 5.82 Å². The van der Waals surface area contributed by atoms with Crippen LogP contribution in [0.3, 0.4) is 0 Å². The van der Waals surface area contributed by atoms with Crippen LogP contribution in [0.15, 0.2) is 16.7 Å². The summed E-state index contributed by atoms with van der Waals surface area (Å²) in [6.07, 6.45) is 3.55. The van der Waals surface area contributed by atoms with E-state index in [1.165, 1.54) is 6.07 Å². The molecule has 18 heavy (non-hydrogen) atoms. The normalized spacial score (nSPS) is 10.7. The molecule has 1 N–H and O–H groups in total. The second-order valence-electron chi connectivity index (χ2n) is 4.22. The third-order valence-electron chi connectivity index (χ3n) is 2.36. The lowest BCUT2D eigenvalue weighted by atomic mass is 10.3. The van der Waals surface area contributed by atoms with E-state index in [0.29, 0.717) is 16.8 Å². The molecule has 0 aliphatic rings. The number of anilines is 1. The van der Waals surface area contributed by atoms with Crippen molar-refractivity contribution in [3.8, 4) is 0 Å². The van der Waals surface area contributed by atoms with E-state index in [9.17, 15) is 10.1 Å². The van der Waals surface area contributed by atoms with Gasteiger partial charge in [-0.05, 0) is 49.4 Å². The summed E-state index contributed by atoms with van der Waals surface area (Å²) in [5.74, 6) is 0.327. The van der Waals surface area contributed by atoms with Crippen LogP contribution >= 0.6 is 15.9 Å². The van der Waals surface area contributed by atoms with Crippen LogP contribution in [0.5, 0.6) is 0 Å². The SMILES string of the molecule is CN(C)CCCCNc1ncc(Br)cc1[N+](=O)[O-]. The third kappa shape index (κ3) is 4.97. The van der Waals surface area contributed by atoms with Gasteiger partial charge in [0.1, 0.15) is 0 Å². The number of unbranched alkanes of at least 4 members (excludes halogenated alkanes) is 1. The first-order chi connectivity index (χ1) is 8.50. The Balaban J connectivity index is 2.49. The molecule has 1 heterocycles. The Morgan fingerprint density at radius 2 is 2.22 bits per heavy atom. The van der Waals surface area contributed by atoms with E-state index in [1.54, 1.807) is 6.20 Å². The molecule has 0 aliphatic carbocycles. The number of hydrogen-bond acceptors (Lipinski definition) is 5. The van der Waals surface area contributed by atoms with Crippen LogP contribution in [-0.4, -0.2) is 42.0 Å². The highest BCUT2D eigenvalue weighted by Gasteiger charge is 2.15. The Hall–Kier alpha value is -1.21. The maximum atomic E-state index is 10.9. The monoisotopic (exact) mass is 316 g/mol. The fourth-order valence-electron chi connectivity index (χ4n) is 1.46. The first kappa shape index (κ1) is 14.8. The van der Waals surface area contributed by atoms with Crippen LogP contribution in [0.2, 0.25) is 0 Å². The highest BCUT2D eigenvalue weighted by Crippen LogP contribution is 2.25. The van der Waals surface area contributed by atoms with Crippen LogP contribution in [0, 0.1) is 10.1 Å².